The van der Waals surface area contributed by atoms with Gasteiger partial charge in [-0.05, 0) is 50.9 Å². The molecule has 0 heterocycles. The largest absolute Gasteiger partial charge is 0.488 e. The smallest absolute Gasteiger partial charge is 0.124 e. The van der Waals surface area contributed by atoms with E-state index in [9.17, 15) is 5.11 Å². The minimum Gasteiger partial charge on any atom is -0.488 e. The van der Waals surface area contributed by atoms with E-state index in [2.05, 4.69) is 24.4 Å². The highest BCUT2D eigenvalue weighted by Crippen LogP contribution is 2.25. The molecule has 0 aromatic heterocycles. The summed E-state index contributed by atoms with van der Waals surface area (Å²) in [6.45, 7) is 2.12. The van der Waals surface area contributed by atoms with Crippen LogP contribution in [0.3, 0.4) is 0 Å². The van der Waals surface area contributed by atoms with Crippen LogP contribution in [0.2, 0.25) is 0 Å². The van der Waals surface area contributed by atoms with Gasteiger partial charge in [0.15, 0.2) is 0 Å². The van der Waals surface area contributed by atoms with Crippen molar-refractivity contribution in [3.8, 4) is 5.75 Å². The minimum absolute atomic E-state index is 0.0531. The number of rotatable bonds is 4. The lowest BCUT2D eigenvalue weighted by Gasteiger charge is -2.22. The van der Waals surface area contributed by atoms with Crippen LogP contribution < -0.4 is 10.1 Å². The summed E-state index contributed by atoms with van der Waals surface area (Å²) >= 11 is 0. The fraction of sp³-hybridized carbons (Fsp3) is 0.625. The van der Waals surface area contributed by atoms with E-state index in [1.807, 2.05) is 19.2 Å². The molecule has 3 unspecified atom stereocenters. The second-order valence-electron chi connectivity index (χ2n) is 5.44. The van der Waals surface area contributed by atoms with Crippen molar-refractivity contribution in [1.82, 2.24) is 5.32 Å². The first-order chi connectivity index (χ1) is 9.20. The molecule has 3 heteroatoms. The van der Waals surface area contributed by atoms with E-state index in [0.29, 0.717) is 6.04 Å². The van der Waals surface area contributed by atoms with Gasteiger partial charge in [-0.2, -0.15) is 0 Å². The Balaban J connectivity index is 2.05. The molecule has 3 nitrogen and oxygen atoms in total. The number of benzene rings is 1. The van der Waals surface area contributed by atoms with Gasteiger partial charge >= 0.3 is 0 Å². The van der Waals surface area contributed by atoms with E-state index in [4.69, 9.17) is 4.74 Å². The Morgan fingerprint density at radius 2 is 2.05 bits per heavy atom. The zero-order chi connectivity index (χ0) is 13.7. The van der Waals surface area contributed by atoms with E-state index in [1.165, 1.54) is 12.0 Å². The van der Waals surface area contributed by atoms with E-state index in [-0.39, 0.29) is 12.2 Å². The van der Waals surface area contributed by atoms with Gasteiger partial charge in [0, 0.05) is 6.04 Å². The second-order valence-corrected chi connectivity index (χ2v) is 5.44. The van der Waals surface area contributed by atoms with Crippen LogP contribution in [0.5, 0.6) is 5.75 Å². The molecule has 0 saturated heterocycles. The van der Waals surface area contributed by atoms with E-state index >= 15 is 0 Å². The lowest BCUT2D eigenvalue weighted by atomic mass is 10.1. The molecule has 0 amide bonds. The third-order valence-corrected chi connectivity index (χ3v) is 4.00. The van der Waals surface area contributed by atoms with Gasteiger partial charge in [0.05, 0.1) is 6.10 Å². The van der Waals surface area contributed by atoms with E-state index < -0.39 is 0 Å². The predicted molar refractivity (Wildman–Crippen MR) is 77.4 cm³/mol. The molecule has 19 heavy (non-hydrogen) atoms. The molecular formula is C16H25NO2. The average Bonchev–Trinajstić information content (AvgIpc) is 2.64. The van der Waals surface area contributed by atoms with Gasteiger partial charge in [-0.1, -0.05) is 25.0 Å². The van der Waals surface area contributed by atoms with Gasteiger partial charge in [0.1, 0.15) is 11.9 Å². The molecular weight excluding hydrogens is 238 g/mol. The summed E-state index contributed by atoms with van der Waals surface area (Å²) in [5.74, 6) is 0.866. The minimum atomic E-state index is -0.326. The van der Waals surface area contributed by atoms with Crippen LogP contribution in [-0.4, -0.2) is 24.4 Å². The molecule has 1 aromatic rings. The molecule has 1 aromatic carbocycles. The molecule has 0 bridgehead atoms. The molecule has 0 radical (unpaired) electrons. The van der Waals surface area contributed by atoms with Crippen molar-refractivity contribution < 1.29 is 9.84 Å². The summed E-state index contributed by atoms with van der Waals surface area (Å²) in [4.78, 5) is 0. The van der Waals surface area contributed by atoms with Crippen molar-refractivity contribution in [3.05, 3.63) is 29.8 Å². The highest BCUT2D eigenvalue weighted by Gasteiger charge is 2.23. The summed E-state index contributed by atoms with van der Waals surface area (Å²) in [6.07, 6.45) is 4.89. The van der Waals surface area contributed by atoms with Gasteiger partial charge in [-0.15, -0.1) is 0 Å². The highest BCUT2D eigenvalue weighted by molar-refractivity contribution is 5.30. The van der Waals surface area contributed by atoms with Gasteiger partial charge in [0.25, 0.3) is 0 Å². The molecule has 2 N–H and O–H groups in total. The number of aliphatic hydroxyl groups is 1. The van der Waals surface area contributed by atoms with Gasteiger partial charge in [0.2, 0.25) is 0 Å². The van der Waals surface area contributed by atoms with Crippen LogP contribution in [0.15, 0.2) is 24.3 Å². The first kappa shape index (κ1) is 14.4. The molecule has 1 aliphatic carbocycles. The van der Waals surface area contributed by atoms with E-state index in [0.717, 1.165) is 31.4 Å². The number of hydrogen-bond donors (Lipinski definition) is 2. The number of hydrogen-bond acceptors (Lipinski definition) is 3. The molecule has 0 spiro atoms. The summed E-state index contributed by atoms with van der Waals surface area (Å²) in [5.41, 5.74) is 1.21. The Kier molecular flexibility index (Phi) is 5.23. The Morgan fingerprint density at radius 3 is 2.84 bits per heavy atom. The molecule has 1 aliphatic rings. The van der Waals surface area contributed by atoms with Crippen molar-refractivity contribution in [2.75, 3.05) is 7.05 Å². The summed E-state index contributed by atoms with van der Waals surface area (Å²) in [6, 6.07) is 8.46. The van der Waals surface area contributed by atoms with Crippen LogP contribution in [0, 0.1) is 0 Å². The van der Waals surface area contributed by atoms with Gasteiger partial charge in [-0.25, -0.2) is 0 Å². The first-order valence-corrected chi connectivity index (χ1v) is 7.32. The van der Waals surface area contributed by atoms with Crippen molar-refractivity contribution >= 4 is 0 Å². The van der Waals surface area contributed by atoms with Crippen LogP contribution in [0.25, 0.3) is 0 Å². The maximum atomic E-state index is 10.1. The lowest BCUT2D eigenvalue weighted by molar-refractivity contribution is 0.0319. The fourth-order valence-electron chi connectivity index (χ4n) is 2.59. The van der Waals surface area contributed by atoms with Gasteiger partial charge < -0.3 is 15.2 Å². The highest BCUT2D eigenvalue weighted by atomic mass is 16.5. The predicted octanol–water partition coefficient (Wildman–Crippen LogP) is 3.04. The summed E-state index contributed by atoms with van der Waals surface area (Å²) in [5, 5.41) is 13.3. The Bertz CT molecular complexity index is 394. The molecule has 106 valence electrons. The maximum Gasteiger partial charge on any atom is 0.124 e. The molecule has 1 saturated carbocycles. The van der Waals surface area contributed by atoms with Gasteiger partial charge in [-0.3, -0.25) is 0 Å². The molecule has 0 aliphatic heterocycles. The molecule has 3 atom stereocenters. The normalized spacial score (nSPS) is 25.6. The Hall–Kier alpha value is -1.06. The van der Waals surface area contributed by atoms with Crippen molar-refractivity contribution in [3.63, 3.8) is 0 Å². The topological polar surface area (TPSA) is 41.5 Å². The second kappa shape index (κ2) is 6.92. The third kappa shape index (κ3) is 3.95. The SMILES string of the molecule is CNC(C)c1cccc(OC2CCCCCC2O)c1. The quantitative estimate of drug-likeness (QED) is 0.820. The standard InChI is InChI=1S/C16H25NO2/c1-12(17-2)13-7-6-8-14(11-13)19-16-10-5-3-4-9-15(16)18/h6-8,11-12,15-18H,3-5,9-10H2,1-2H3. The Labute approximate surface area is 116 Å². The number of nitrogens with one attached hydrogen (secondary N) is 1. The van der Waals surface area contributed by atoms with Crippen molar-refractivity contribution in [1.29, 1.82) is 0 Å². The Morgan fingerprint density at radius 1 is 1.26 bits per heavy atom. The lowest BCUT2D eigenvalue weighted by Crippen LogP contribution is -2.30. The average molecular weight is 263 g/mol. The van der Waals surface area contributed by atoms with Crippen LogP contribution in [0.1, 0.15) is 50.6 Å². The van der Waals surface area contributed by atoms with Crippen molar-refractivity contribution in [2.45, 2.75) is 57.3 Å². The van der Waals surface area contributed by atoms with E-state index in [1.54, 1.807) is 0 Å². The number of aliphatic hydroxyl groups excluding tert-OH is 1. The molecule has 2 rings (SSSR count). The monoisotopic (exact) mass is 263 g/mol. The maximum absolute atomic E-state index is 10.1. The summed E-state index contributed by atoms with van der Waals surface area (Å²) < 4.78 is 6.01. The zero-order valence-corrected chi connectivity index (χ0v) is 11.9. The zero-order valence-electron chi connectivity index (χ0n) is 11.9. The van der Waals surface area contributed by atoms with Crippen LogP contribution >= 0.6 is 0 Å². The fourth-order valence-corrected chi connectivity index (χ4v) is 2.59. The molecule has 1 fully saturated rings. The third-order valence-electron chi connectivity index (χ3n) is 4.00. The summed E-state index contributed by atoms with van der Waals surface area (Å²) in [7, 11) is 1.95. The first-order valence-electron chi connectivity index (χ1n) is 7.32. The number of ether oxygens (including phenoxy) is 1. The van der Waals surface area contributed by atoms with Crippen LogP contribution in [-0.2, 0) is 0 Å². The van der Waals surface area contributed by atoms with Crippen LogP contribution in [0.4, 0.5) is 0 Å². The van der Waals surface area contributed by atoms with Crippen molar-refractivity contribution in [2.24, 2.45) is 0 Å².